The number of fused-ring (bicyclic) bond motifs is 3. The first-order chi connectivity index (χ1) is 31.7. The van der Waals surface area contributed by atoms with Gasteiger partial charge in [-0.25, -0.2) is 0 Å². The zero-order valence-electron chi connectivity index (χ0n) is 34.8. The molecular formula is C62H38N2. The minimum atomic E-state index is 1.11. The predicted molar refractivity (Wildman–Crippen MR) is 276 cm³/mol. The van der Waals surface area contributed by atoms with Crippen molar-refractivity contribution >= 4 is 131 Å². The third kappa shape index (κ3) is 5.27. The molecule has 0 aliphatic carbocycles. The summed E-state index contributed by atoms with van der Waals surface area (Å²) in [5, 5.41) is 22.6. The van der Waals surface area contributed by atoms with Gasteiger partial charge < -0.3 is 9.80 Å². The lowest BCUT2D eigenvalue weighted by molar-refractivity contribution is 1.30. The maximum absolute atomic E-state index is 2.45. The van der Waals surface area contributed by atoms with Gasteiger partial charge in [-0.2, -0.15) is 0 Å². The summed E-state index contributed by atoms with van der Waals surface area (Å²) >= 11 is 0. The van der Waals surface area contributed by atoms with Crippen molar-refractivity contribution < 1.29 is 0 Å². The van der Waals surface area contributed by atoms with E-state index in [1.807, 2.05) is 0 Å². The molecule has 14 rings (SSSR count). The molecule has 2 heteroatoms. The lowest BCUT2D eigenvalue weighted by atomic mass is 9.93. The number of benzene rings is 14. The van der Waals surface area contributed by atoms with Crippen molar-refractivity contribution in [3.05, 3.63) is 231 Å². The molecule has 0 radical (unpaired) electrons. The Labute approximate surface area is 369 Å². The summed E-state index contributed by atoms with van der Waals surface area (Å²) in [7, 11) is 0. The van der Waals surface area contributed by atoms with E-state index in [4.69, 9.17) is 0 Å². The van der Waals surface area contributed by atoms with Crippen molar-refractivity contribution in [2.24, 2.45) is 0 Å². The van der Waals surface area contributed by atoms with Crippen molar-refractivity contribution in [1.29, 1.82) is 0 Å². The lowest BCUT2D eigenvalue weighted by Gasteiger charge is -2.29. The Hall–Kier alpha value is -8.46. The van der Waals surface area contributed by atoms with Gasteiger partial charge in [-0.05, 0) is 147 Å². The average molecular weight is 811 g/mol. The second kappa shape index (κ2) is 13.5. The summed E-state index contributed by atoms with van der Waals surface area (Å²) in [5.41, 5.74) is 6.80. The molecule has 0 saturated carbocycles. The van der Waals surface area contributed by atoms with Crippen LogP contribution >= 0.6 is 0 Å². The Morgan fingerprint density at radius 2 is 0.469 bits per heavy atom. The van der Waals surface area contributed by atoms with Crippen LogP contribution in [0.3, 0.4) is 0 Å². The number of rotatable bonds is 6. The summed E-state index contributed by atoms with van der Waals surface area (Å²) in [5.74, 6) is 0. The van der Waals surface area contributed by atoms with Gasteiger partial charge in [-0.15, -0.1) is 0 Å². The van der Waals surface area contributed by atoms with Gasteiger partial charge in [0.15, 0.2) is 0 Å². The van der Waals surface area contributed by atoms with Crippen LogP contribution in [0.5, 0.6) is 0 Å². The van der Waals surface area contributed by atoms with Crippen LogP contribution in [0, 0.1) is 0 Å². The van der Waals surface area contributed by atoms with E-state index in [9.17, 15) is 0 Å². The van der Waals surface area contributed by atoms with Gasteiger partial charge in [0.25, 0.3) is 0 Å². The average Bonchev–Trinajstić information content (AvgIpc) is 3.35. The Balaban J connectivity index is 0.959. The van der Waals surface area contributed by atoms with E-state index in [2.05, 4.69) is 240 Å². The lowest BCUT2D eigenvalue weighted by Crippen LogP contribution is -2.11. The fourth-order valence-corrected chi connectivity index (χ4v) is 10.9. The van der Waals surface area contributed by atoms with E-state index in [-0.39, 0.29) is 0 Å². The van der Waals surface area contributed by atoms with E-state index in [1.54, 1.807) is 0 Å². The fraction of sp³-hybridized carbons (Fsp3) is 0. The molecule has 2 nitrogen and oxygen atoms in total. The van der Waals surface area contributed by atoms with Gasteiger partial charge in [-0.3, -0.25) is 0 Å². The van der Waals surface area contributed by atoms with Gasteiger partial charge in [0.1, 0.15) is 0 Å². The molecule has 64 heavy (non-hydrogen) atoms. The Bertz CT molecular complexity index is 3760. The predicted octanol–water partition coefficient (Wildman–Crippen LogP) is 17.9. The van der Waals surface area contributed by atoms with Crippen LogP contribution in [0.4, 0.5) is 34.1 Å². The van der Waals surface area contributed by atoms with Gasteiger partial charge in [-0.1, -0.05) is 170 Å². The second-order valence-electron chi connectivity index (χ2n) is 17.3. The standard InChI is InChI=1S/C62H38N2/c1-3-17-55-39(9-1)11-7-19-57(55)63(53-35-47-25-21-41-13-5-14-42-22-26-48(36-53)61(47)59(41)42)51-31-29-46-34-52(32-30-45(46)33-51)64(58-20-8-12-40-10-2-4-18-56(40)58)54-37-49-27-23-43-15-6-16-44-24-28-50(38-54)62(49)60(43)44/h1-38H. The molecule has 0 bridgehead atoms. The molecule has 0 unspecified atom stereocenters. The zero-order chi connectivity index (χ0) is 41.9. The highest BCUT2D eigenvalue weighted by molar-refractivity contribution is 6.25. The van der Waals surface area contributed by atoms with Crippen LogP contribution in [0.25, 0.3) is 97.0 Å². The van der Waals surface area contributed by atoms with Gasteiger partial charge in [0.2, 0.25) is 0 Å². The highest BCUT2D eigenvalue weighted by Crippen LogP contribution is 2.47. The SMILES string of the molecule is c1ccc2c(N(c3ccc4cc(N(c5cc6ccc7cccc8ccc(c5)c6c78)c5cccc6ccccc56)ccc4c3)c3cc4ccc5cccc6ccc(c3)c4c56)cccc2c1. The first-order valence-electron chi connectivity index (χ1n) is 22.2. The van der Waals surface area contributed by atoms with Crippen molar-refractivity contribution in [1.82, 2.24) is 0 Å². The molecule has 0 aromatic heterocycles. The molecule has 0 aliphatic rings. The van der Waals surface area contributed by atoms with Crippen molar-refractivity contribution in [3.63, 3.8) is 0 Å². The molecule has 0 atom stereocenters. The Morgan fingerprint density at radius 1 is 0.188 bits per heavy atom. The van der Waals surface area contributed by atoms with Crippen LogP contribution in [0.2, 0.25) is 0 Å². The fourth-order valence-electron chi connectivity index (χ4n) is 10.9. The maximum atomic E-state index is 2.45. The number of anilines is 6. The topological polar surface area (TPSA) is 6.48 Å². The van der Waals surface area contributed by atoms with Crippen molar-refractivity contribution in [3.8, 4) is 0 Å². The summed E-state index contributed by atoms with van der Waals surface area (Å²) in [6.45, 7) is 0. The third-order valence-electron chi connectivity index (χ3n) is 13.8. The monoisotopic (exact) mass is 810 g/mol. The van der Waals surface area contributed by atoms with Gasteiger partial charge in [0.05, 0.1) is 11.4 Å². The highest BCUT2D eigenvalue weighted by atomic mass is 15.2. The molecule has 0 fully saturated rings. The van der Waals surface area contributed by atoms with Crippen LogP contribution in [-0.4, -0.2) is 0 Å². The quantitative estimate of drug-likeness (QED) is 0.154. The molecular weight excluding hydrogens is 773 g/mol. The van der Waals surface area contributed by atoms with Crippen molar-refractivity contribution in [2.75, 3.05) is 9.80 Å². The van der Waals surface area contributed by atoms with Crippen LogP contribution in [-0.2, 0) is 0 Å². The van der Waals surface area contributed by atoms with E-state index in [1.165, 1.54) is 97.0 Å². The molecule has 0 saturated heterocycles. The summed E-state index contributed by atoms with van der Waals surface area (Å²) in [6.07, 6.45) is 0. The molecule has 0 N–H and O–H groups in total. The minimum absolute atomic E-state index is 1.11. The minimum Gasteiger partial charge on any atom is -0.310 e. The summed E-state index contributed by atoms with van der Waals surface area (Å²) < 4.78 is 0. The van der Waals surface area contributed by atoms with Gasteiger partial charge >= 0.3 is 0 Å². The number of hydrogen-bond acceptors (Lipinski definition) is 2. The molecule has 0 heterocycles. The molecule has 0 aliphatic heterocycles. The number of nitrogens with zero attached hydrogens (tertiary/aromatic N) is 2. The second-order valence-corrected chi connectivity index (χ2v) is 17.3. The Kier molecular flexibility index (Phi) is 7.43. The van der Waals surface area contributed by atoms with Crippen LogP contribution in [0.1, 0.15) is 0 Å². The smallest absolute Gasteiger partial charge is 0.0540 e. The molecule has 14 aromatic rings. The first-order valence-corrected chi connectivity index (χ1v) is 22.2. The normalized spacial score (nSPS) is 12.1. The summed E-state index contributed by atoms with van der Waals surface area (Å²) in [4.78, 5) is 4.91. The first kappa shape index (κ1) is 35.2. The van der Waals surface area contributed by atoms with E-state index >= 15 is 0 Å². The zero-order valence-corrected chi connectivity index (χ0v) is 34.8. The van der Waals surface area contributed by atoms with Crippen LogP contribution < -0.4 is 9.80 Å². The maximum Gasteiger partial charge on any atom is 0.0540 e. The third-order valence-corrected chi connectivity index (χ3v) is 13.8. The number of hydrogen-bond donors (Lipinski definition) is 0. The molecule has 296 valence electrons. The van der Waals surface area contributed by atoms with E-state index < -0.39 is 0 Å². The van der Waals surface area contributed by atoms with Gasteiger partial charge in [0, 0.05) is 33.5 Å². The largest absolute Gasteiger partial charge is 0.310 e. The molecule has 0 spiro atoms. The van der Waals surface area contributed by atoms with E-state index in [0.717, 1.165) is 34.1 Å². The molecule has 0 amide bonds. The van der Waals surface area contributed by atoms with Crippen molar-refractivity contribution in [2.45, 2.75) is 0 Å². The van der Waals surface area contributed by atoms with E-state index in [0.29, 0.717) is 0 Å². The Morgan fingerprint density at radius 3 is 0.875 bits per heavy atom. The van der Waals surface area contributed by atoms with Crippen LogP contribution in [0.15, 0.2) is 231 Å². The summed E-state index contributed by atoms with van der Waals surface area (Å²) in [6, 6.07) is 85.7. The molecule has 14 aromatic carbocycles. The highest BCUT2D eigenvalue weighted by Gasteiger charge is 2.21.